The zero-order valence-corrected chi connectivity index (χ0v) is 12.3. The molecule has 0 amide bonds. The van der Waals surface area contributed by atoms with E-state index in [4.69, 9.17) is 20.0 Å². The predicted octanol–water partition coefficient (Wildman–Crippen LogP) is 1.00. The van der Waals surface area contributed by atoms with E-state index in [1.165, 1.54) is 26.4 Å². The first-order valence-electron chi connectivity index (χ1n) is 6.18. The van der Waals surface area contributed by atoms with E-state index in [0.29, 0.717) is 18.9 Å². The third-order valence-corrected chi connectivity index (χ3v) is 4.73. The quantitative estimate of drug-likeness (QED) is 0.834. The van der Waals surface area contributed by atoms with Crippen molar-refractivity contribution in [2.24, 2.45) is 0 Å². The minimum absolute atomic E-state index is 0.0276. The molecule has 1 fully saturated rings. The van der Waals surface area contributed by atoms with Gasteiger partial charge in [-0.25, -0.2) is 8.42 Å². The predicted molar refractivity (Wildman–Crippen MR) is 73.0 cm³/mol. The first-order chi connectivity index (χ1) is 9.50. The highest BCUT2D eigenvalue weighted by Gasteiger charge is 2.31. The van der Waals surface area contributed by atoms with Gasteiger partial charge in [-0.3, -0.25) is 4.84 Å². The Morgan fingerprint density at radius 2 is 1.90 bits per heavy atom. The maximum atomic E-state index is 12.5. The smallest absolute Gasteiger partial charge is 0.268 e. The van der Waals surface area contributed by atoms with Crippen molar-refractivity contribution in [1.82, 2.24) is 4.47 Å². The third-order valence-electron chi connectivity index (χ3n) is 3.03. The number of ether oxygens (including phenoxy) is 2. The van der Waals surface area contributed by atoms with Crippen molar-refractivity contribution in [1.29, 1.82) is 0 Å². The highest BCUT2D eigenvalue weighted by molar-refractivity contribution is 7.89. The Kier molecular flexibility index (Phi) is 4.36. The first-order valence-corrected chi connectivity index (χ1v) is 7.62. The van der Waals surface area contributed by atoms with Crippen LogP contribution < -0.4 is 15.2 Å². The minimum Gasteiger partial charge on any atom is -0.495 e. The number of hydrogen-bond acceptors (Lipinski definition) is 6. The molecule has 0 radical (unpaired) electrons. The summed E-state index contributed by atoms with van der Waals surface area (Å²) in [5, 5.41) is 0. The average Bonchev–Trinajstić information content (AvgIpc) is 2.47. The van der Waals surface area contributed by atoms with Gasteiger partial charge in [-0.2, -0.15) is 0 Å². The molecule has 0 atom stereocenters. The summed E-state index contributed by atoms with van der Waals surface area (Å²) in [5.74, 6) is 0.533. The van der Waals surface area contributed by atoms with E-state index in [-0.39, 0.29) is 16.3 Å². The monoisotopic (exact) mass is 302 g/mol. The molecule has 20 heavy (non-hydrogen) atoms. The Balaban J connectivity index is 2.47. The standard InChI is InChI=1S/C12H18N2O5S/c1-17-10-8-11(18-2)12(7-9(10)13)20(15,16)14-5-3-4-6-19-14/h7-8H,3-6,13H2,1-2H3. The number of rotatable bonds is 4. The maximum Gasteiger partial charge on any atom is 0.268 e. The molecule has 8 heteroatoms. The molecule has 112 valence electrons. The van der Waals surface area contributed by atoms with Crippen LogP contribution in [0.2, 0.25) is 0 Å². The van der Waals surface area contributed by atoms with Crippen LogP contribution in [0.5, 0.6) is 11.5 Å². The third kappa shape index (κ3) is 2.67. The van der Waals surface area contributed by atoms with Crippen LogP contribution in [-0.2, 0) is 14.9 Å². The molecule has 1 aliphatic heterocycles. The Hall–Kier alpha value is -1.51. The molecule has 7 nitrogen and oxygen atoms in total. The van der Waals surface area contributed by atoms with E-state index in [2.05, 4.69) is 0 Å². The van der Waals surface area contributed by atoms with Gasteiger partial charge in [0.15, 0.2) is 0 Å². The molecule has 1 aliphatic rings. The second-order valence-electron chi connectivity index (χ2n) is 4.32. The molecule has 0 spiro atoms. The van der Waals surface area contributed by atoms with Crippen LogP contribution in [0.15, 0.2) is 17.0 Å². The molecule has 1 saturated heterocycles. The normalized spacial score (nSPS) is 16.9. The number of benzene rings is 1. The van der Waals surface area contributed by atoms with Crippen molar-refractivity contribution in [2.75, 3.05) is 33.1 Å². The Morgan fingerprint density at radius 1 is 1.20 bits per heavy atom. The Morgan fingerprint density at radius 3 is 2.45 bits per heavy atom. The lowest BCUT2D eigenvalue weighted by atomic mass is 10.3. The van der Waals surface area contributed by atoms with E-state index >= 15 is 0 Å². The number of methoxy groups -OCH3 is 2. The van der Waals surface area contributed by atoms with Crippen LogP contribution in [-0.4, -0.2) is 40.3 Å². The second-order valence-corrected chi connectivity index (χ2v) is 6.11. The number of hydroxylamine groups is 1. The number of hydrogen-bond donors (Lipinski definition) is 1. The summed E-state index contributed by atoms with van der Waals surface area (Å²) in [7, 11) is -0.960. The molecule has 1 aromatic carbocycles. The lowest BCUT2D eigenvalue weighted by Crippen LogP contribution is -2.36. The van der Waals surface area contributed by atoms with Crippen molar-refractivity contribution in [3.8, 4) is 11.5 Å². The number of nitrogens with zero attached hydrogens (tertiary/aromatic N) is 1. The summed E-state index contributed by atoms with van der Waals surface area (Å²) in [6.45, 7) is 0.699. The zero-order valence-electron chi connectivity index (χ0n) is 11.5. The van der Waals surface area contributed by atoms with E-state index in [1.54, 1.807) is 0 Å². The molecule has 0 unspecified atom stereocenters. The number of anilines is 1. The lowest BCUT2D eigenvalue weighted by molar-refractivity contribution is -0.108. The van der Waals surface area contributed by atoms with Crippen molar-refractivity contribution in [2.45, 2.75) is 17.7 Å². The van der Waals surface area contributed by atoms with Gasteiger partial charge in [0.25, 0.3) is 10.0 Å². The van der Waals surface area contributed by atoms with E-state index in [0.717, 1.165) is 17.3 Å². The topological polar surface area (TPSA) is 91.1 Å². The number of nitrogen functional groups attached to an aromatic ring is 1. The molecule has 0 bridgehead atoms. The van der Waals surface area contributed by atoms with Crippen LogP contribution in [0.4, 0.5) is 5.69 Å². The van der Waals surface area contributed by atoms with Crippen LogP contribution in [0, 0.1) is 0 Å². The maximum absolute atomic E-state index is 12.5. The van der Waals surface area contributed by atoms with Gasteiger partial charge in [-0.1, -0.05) is 4.47 Å². The fourth-order valence-corrected chi connectivity index (χ4v) is 3.44. The molecule has 2 rings (SSSR count). The summed E-state index contributed by atoms with van der Waals surface area (Å²) >= 11 is 0. The SMILES string of the molecule is COc1cc(OC)c(S(=O)(=O)N2CCCCO2)cc1N. The summed E-state index contributed by atoms with van der Waals surface area (Å²) in [6.07, 6.45) is 1.60. The zero-order chi connectivity index (χ0) is 14.8. The summed E-state index contributed by atoms with van der Waals surface area (Å²) < 4.78 is 36.3. The number of sulfonamides is 1. The second kappa shape index (κ2) is 5.86. The van der Waals surface area contributed by atoms with Crippen molar-refractivity contribution >= 4 is 15.7 Å². The highest BCUT2D eigenvalue weighted by Crippen LogP contribution is 2.35. The molecule has 1 heterocycles. The highest BCUT2D eigenvalue weighted by atomic mass is 32.2. The fourth-order valence-electron chi connectivity index (χ4n) is 1.97. The van der Waals surface area contributed by atoms with Gasteiger partial charge >= 0.3 is 0 Å². The van der Waals surface area contributed by atoms with Crippen molar-refractivity contribution in [3.63, 3.8) is 0 Å². The summed E-state index contributed by atoms with van der Waals surface area (Å²) in [5.41, 5.74) is 6.00. The molecule has 0 saturated carbocycles. The molecule has 0 aliphatic carbocycles. The van der Waals surface area contributed by atoms with Crippen molar-refractivity contribution < 1.29 is 22.7 Å². The fraction of sp³-hybridized carbons (Fsp3) is 0.500. The van der Waals surface area contributed by atoms with Gasteiger partial charge in [0.2, 0.25) is 0 Å². The van der Waals surface area contributed by atoms with Gasteiger partial charge in [-0.05, 0) is 18.9 Å². The van der Waals surface area contributed by atoms with E-state index in [1.807, 2.05) is 0 Å². The molecule has 0 aromatic heterocycles. The van der Waals surface area contributed by atoms with Gasteiger partial charge in [0.1, 0.15) is 16.4 Å². The Bertz CT molecular complexity index is 582. The van der Waals surface area contributed by atoms with Crippen LogP contribution in [0.1, 0.15) is 12.8 Å². The molecule has 1 aromatic rings. The first kappa shape index (κ1) is 14.9. The van der Waals surface area contributed by atoms with Crippen LogP contribution in [0.3, 0.4) is 0 Å². The summed E-state index contributed by atoms with van der Waals surface area (Å²) in [6, 6.07) is 2.77. The van der Waals surface area contributed by atoms with Gasteiger partial charge in [0, 0.05) is 12.6 Å². The van der Waals surface area contributed by atoms with E-state index in [9.17, 15) is 8.42 Å². The van der Waals surface area contributed by atoms with Gasteiger partial charge < -0.3 is 15.2 Å². The molecule has 2 N–H and O–H groups in total. The average molecular weight is 302 g/mol. The van der Waals surface area contributed by atoms with Crippen molar-refractivity contribution in [3.05, 3.63) is 12.1 Å². The molecular weight excluding hydrogens is 284 g/mol. The Labute approximate surface area is 118 Å². The van der Waals surface area contributed by atoms with E-state index < -0.39 is 10.0 Å². The lowest BCUT2D eigenvalue weighted by Gasteiger charge is -2.26. The van der Waals surface area contributed by atoms with Crippen LogP contribution in [0.25, 0.3) is 0 Å². The van der Waals surface area contributed by atoms with Crippen LogP contribution >= 0.6 is 0 Å². The number of nitrogens with two attached hydrogens (primary N) is 1. The van der Waals surface area contributed by atoms with Gasteiger partial charge in [-0.15, -0.1) is 0 Å². The largest absolute Gasteiger partial charge is 0.495 e. The summed E-state index contributed by atoms with van der Waals surface area (Å²) in [4.78, 5) is 5.18. The minimum atomic E-state index is -3.80. The molecular formula is C12H18N2O5S. The van der Waals surface area contributed by atoms with Gasteiger partial charge in [0.05, 0.1) is 26.5 Å².